The normalized spacial score (nSPS) is 11.0. The van der Waals surface area contributed by atoms with Crippen molar-refractivity contribution in [3.05, 3.63) is 101 Å². The molecule has 0 unspecified atom stereocenters. The topological polar surface area (TPSA) is 68.4 Å². The second-order valence-corrected chi connectivity index (χ2v) is 6.99. The van der Waals surface area contributed by atoms with Crippen LogP contribution in [0.15, 0.2) is 89.9 Å². The highest BCUT2D eigenvalue weighted by atomic mass is 32.1. The zero-order valence-corrected chi connectivity index (χ0v) is 15.5. The zero-order chi connectivity index (χ0) is 19.3. The smallest absolute Gasteiger partial charge is 0.258 e. The highest BCUT2D eigenvalue weighted by molar-refractivity contribution is 7.19. The zero-order valence-electron chi connectivity index (χ0n) is 14.7. The van der Waals surface area contributed by atoms with E-state index in [1.807, 2.05) is 60.7 Å². The van der Waals surface area contributed by atoms with Crippen molar-refractivity contribution in [1.82, 2.24) is 4.98 Å². The minimum absolute atomic E-state index is 0.0398. The molecule has 0 bridgehead atoms. The van der Waals surface area contributed by atoms with Gasteiger partial charge in [-0.1, -0.05) is 84.1 Å². The minimum Gasteiger partial charge on any atom is -0.258 e. The molecule has 136 valence electrons. The van der Waals surface area contributed by atoms with E-state index in [1.165, 1.54) is 23.5 Å². The molecule has 0 aliphatic carbocycles. The summed E-state index contributed by atoms with van der Waals surface area (Å²) in [6.45, 7) is 0. The van der Waals surface area contributed by atoms with E-state index in [9.17, 15) is 10.1 Å². The first-order chi connectivity index (χ1) is 13.7. The Morgan fingerprint density at radius 2 is 1.57 bits per heavy atom. The summed E-state index contributed by atoms with van der Waals surface area (Å²) in [4.78, 5) is 20.8. The highest BCUT2D eigenvalue weighted by Crippen LogP contribution is 2.39. The van der Waals surface area contributed by atoms with E-state index in [2.05, 4.69) is 4.99 Å². The van der Waals surface area contributed by atoms with Gasteiger partial charge < -0.3 is 0 Å². The van der Waals surface area contributed by atoms with Crippen LogP contribution in [-0.4, -0.2) is 16.1 Å². The quantitative estimate of drug-likeness (QED) is 0.235. The SMILES string of the molecule is O=[N+]([O-])c1cccc(C=Nc2nc(-c3ccccc3)c(-c3ccccc3)s2)c1. The fourth-order valence-electron chi connectivity index (χ4n) is 2.79. The molecular weight excluding hydrogens is 370 g/mol. The summed E-state index contributed by atoms with van der Waals surface area (Å²) in [6.07, 6.45) is 1.61. The molecule has 0 atom stereocenters. The lowest BCUT2D eigenvalue weighted by atomic mass is 10.1. The summed E-state index contributed by atoms with van der Waals surface area (Å²) in [5, 5.41) is 11.5. The minimum atomic E-state index is -0.415. The molecule has 3 aromatic carbocycles. The van der Waals surface area contributed by atoms with E-state index >= 15 is 0 Å². The van der Waals surface area contributed by atoms with Crippen LogP contribution in [-0.2, 0) is 0 Å². The van der Waals surface area contributed by atoms with Gasteiger partial charge in [-0.05, 0) is 11.1 Å². The number of nitro groups is 1. The first-order valence-electron chi connectivity index (χ1n) is 8.61. The third-order valence-electron chi connectivity index (χ3n) is 4.10. The van der Waals surface area contributed by atoms with Gasteiger partial charge in [-0.2, -0.15) is 0 Å². The molecule has 0 spiro atoms. The number of aliphatic imine (C=N–C) groups is 1. The van der Waals surface area contributed by atoms with Crippen molar-refractivity contribution in [2.45, 2.75) is 0 Å². The van der Waals surface area contributed by atoms with Gasteiger partial charge in [0, 0.05) is 23.9 Å². The van der Waals surface area contributed by atoms with Gasteiger partial charge in [-0.25, -0.2) is 9.98 Å². The third kappa shape index (κ3) is 3.87. The Morgan fingerprint density at radius 3 is 2.25 bits per heavy atom. The molecule has 0 aliphatic heterocycles. The van der Waals surface area contributed by atoms with Crippen molar-refractivity contribution < 1.29 is 4.92 Å². The number of nitrogens with zero attached hydrogens (tertiary/aromatic N) is 3. The standard InChI is InChI=1S/C22H15N3O2S/c26-25(27)19-13-7-8-16(14-19)15-23-22-24-20(17-9-3-1-4-10-17)21(28-22)18-11-5-2-6-12-18/h1-15H. The number of hydrogen-bond acceptors (Lipinski definition) is 5. The van der Waals surface area contributed by atoms with E-state index in [0.29, 0.717) is 10.7 Å². The van der Waals surface area contributed by atoms with Crippen molar-refractivity contribution in [1.29, 1.82) is 0 Å². The Labute approximate surface area is 165 Å². The Kier molecular flexibility index (Phi) is 5.03. The predicted octanol–water partition coefficient (Wildman–Crippen LogP) is 6.14. The molecule has 1 heterocycles. The number of benzene rings is 3. The van der Waals surface area contributed by atoms with Crippen molar-refractivity contribution in [2.75, 3.05) is 0 Å². The molecule has 0 fully saturated rings. The number of nitro benzene ring substituents is 1. The molecule has 0 aliphatic rings. The summed E-state index contributed by atoms with van der Waals surface area (Å²) >= 11 is 1.49. The van der Waals surface area contributed by atoms with Gasteiger partial charge in [0.25, 0.3) is 5.69 Å². The fourth-order valence-corrected chi connectivity index (χ4v) is 3.73. The molecule has 5 nitrogen and oxygen atoms in total. The Morgan fingerprint density at radius 1 is 0.893 bits per heavy atom. The Bertz CT molecular complexity index is 1080. The molecule has 0 saturated heterocycles. The molecule has 4 aromatic rings. The molecule has 28 heavy (non-hydrogen) atoms. The van der Waals surface area contributed by atoms with Gasteiger partial charge in [-0.3, -0.25) is 10.1 Å². The van der Waals surface area contributed by atoms with Gasteiger partial charge >= 0.3 is 0 Å². The number of hydrogen-bond donors (Lipinski definition) is 0. The largest absolute Gasteiger partial charge is 0.270 e. The first kappa shape index (κ1) is 17.8. The van der Waals surface area contributed by atoms with Gasteiger partial charge in [0.2, 0.25) is 5.13 Å². The average Bonchev–Trinajstić information content (AvgIpc) is 3.18. The third-order valence-corrected chi connectivity index (χ3v) is 5.12. The van der Waals surface area contributed by atoms with E-state index in [4.69, 9.17) is 4.98 Å². The van der Waals surface area contributed by atoms with Crippen molar-refractivity contribution in [3.8, 4) is 21.7 Å². The maximum Gasteiger partial charge on any atom is 0.270 e. The lowest BCUT2D eigenvalue weighted by Crippen LogP contribution is -1.89. The van der Waals surface area contributed by atoms with Crippen molar-refractivity contribution >= 4 is 28.4 Å². The molecule has 6 heteroatoms. The van der Waals surface area contributed by atoms with Gasteiger partial charge in [0.15, 0.2) is 0 Å². The van der Waals surface area contributed by atoms with Crippen LogP contribution in [0.25, 0.3) is 21.7 Å². The monoisotopic (exact) mass is 385 g/mol. The Balaban J connectivity index is 1.74. The maximum absolute atomic E-state index is 10.9. The van der Waals surface area contributed by atoms with E-state index < -0.39 is 4.92 Å². The molecular formula is C22H15N3O2S. The molecule has 0 amide bonds. The molecule has 4 rings (SSSR count). The molecule has 1 aromatic heterocycles. The number of aromatic nitrogens is 1. The van der Waals surface area contributed by atoms with Crippen LogP contribution in [0.2, 0.25) is 0 Å². The van der Waals surface area contributed by atoms with Crippen LogP contribution in [0.4, 0.5) is 10.8 Å². The second kappa shape index (κ2) is 7.94. The van der Waals surface area contributed by atoms with Gasteiger partial charge in [0.1, 0.15) is 0 Å². The molecule has 0 radical (unpaired) electrons. The van der Waals surface area contributed by atoms with Crippen LogP contribution < -0.4 is 0 Å². The highest BCUT2D eigenvalue weighted by Gasteiger charge is 2.14. The predicted molar refractivity (Wildman–Crippen MR) is 113 cm³/mol. The van der Waals surface area contributed by atoms with E-state index in [-0.39, 0.29) is 5.69 Å². The second-order valence-electron chi connectivity index (χ2n) is 6.02. The van der Waals surface area contributed by atoms with Crippen LogP contribution in [0.1, 0.15) is 5.56 Å². The van der Waals surface area contributed by atoms with Gasteiger partial charge in [0.05, 0.1) is 15.5 Å². The van der Waals surface area contributed by atoms with Crippen LogP contribution in [0.3, 0.4) is 0 Å². The van der Waals surface area contributed by atoms with E-state index in [1.54, 1.807) is 18.3 Å². The van der Waals surface area contributed by atoms with Crippen LogP contribution in [0, 0.1) is 10.1 Å². The molecule has 0 N–H and O–H groups in total. The first-order valence-corrected chi connectivity index (χ1v) is 9.42. The molecule has 0 saturated carbocycles. The van der Waals surface area contributed by atoms with Crippen molar-refractivity contribution in [2.24, 2.45) is 4.99 Å². The lowest BCUT2D eigenvalue weighted by molar-refractivity contribution is -0.384. The maximum atomic E-state index is 10.9. The van der Waals surface area contributed by atoms with E-state index in [0.717, 1.165) is 21.7 Å². The Hall–Kier alpha value is -3.64. The van der Waals surface area contributed by atoms with Crippen LogP contribution in [0.5, 0.6) is 0 Å². The fraction of sp³-hybridized carbons (Fsp3) is 0. The summed E-state index contributed by atoms with van der Waals surface area (Å²) in [5.74, 6) is 0. The summed E-state index contributed by atoms with van der Waals surface area (Å²) in [7, 11) is 0. The lowest BCUT2D eigenvalue weighted by Gasteiger charge is -2.02. The average molecular weight is 385 g/mol. The van der Waals surface area contributed by atoms with Crippen molar-refractivity contribution in [3.63, 3.8) is 0 Å². The van der Waals surface area contributed by atoms with Gasteiger partial charge in [-0.15, -0.1) is 0 Å². The number of thiazole rings is 1. The van der Waals surface area contributed by atoms with Crippen LogP contribution >= 0.6 is 11.3 Å². The summed E-state index contributed by atoms with van der Waals surface area (Å²) in [6, 6.07) is 26.4. The summed E-state index contributed by atoms with van der Waals surface area (Å²) in [5.41, 5.74) is 3.68. The number of non-ortho nitro benzene ring substituents is 1. The summed E-state index contributed by atoms with van der Waals surface area (Å²) < 4.78 is 0. The number of rotatable bonds is 5.